The second-order valence-electron chi connectivity index (χ2n) is 6.08. The summed E-state index contributed by atoms with van der Waals surface area (Å²) in [6.07, 6.45) is -4.46. The molecule has 0 spiro atoms. The first-order chi connectivity index (χ1) is 13.0. The average Bonchev–Trinajstić information content (AvgIpc) is 3.14. The summed E-state index contributed by atoms with van der Waals surface area (Å²) < 4.78 is 40.3. The van der Waals surface area contributed by atoms with Crippen LogP contribution < -0.4 is 0 Å². The van der Waals surface area contributed by atoms with Gasteiger partial charge in [0.25, 0.3) is 0 Å². The second-order valence-corrected chi connectivity index (χ2v) is 6.08. The highest BCUT2D eigenvalue weighted by Crippen LogP contribution is 2.38. The maximum atomic E-state index is 13.4. The number of rotatable bonds is 3. The molecule has 0 saturated heterocycles. The van der Waals surface area contributed by atoms with Gasteiger partial charge in [0.15, 0.2) is 0 Å². The number of hydrogen-bond acceptors (Lipinski definition) is 1. The van der Waals surface area contributed by atoms with Crippen LogP contribution >= 0.6 is 0 Å². The fraction of sp³-hybridized carbons (Fsp3) is 0.0455. The van der Waals surface area contributed by atoms with Crippen molar-refractivity contribution in [3.8, 4) is 33.9 Å². The molecule has 1 aromatic heterocycles. The molecule has 2 nitrogen and oxygen atoms in total. The molecule has 4 aromatic rings. The van der Waals surface area contributed by atoms with E-state index in [9.17, 15) is 13.2 Å². The maximum absolute atomic E-state index is 13.4. The van der Waals surface area contributed by atoms with E-state index in [0.29, 0.717) is 11.4 Å². The summed E-state index contributed by atoms with van der Waals surface area (Å²) in [4.78, 5) is 7.66. The predicted octanol–water partition coefficient (Wildman–Crippen LogP) is 6.43. The van der Waals surface area contributed by atoms with Crippen molar-refractivity contribution in [2.24, 2.45) is 0 Å². The molecule has 0 saturated carbocycles. The lowest BCUT2D eigenvalue weighted by molar-refractivity contribution is -0.137. The van der Waals surface area contributed by atoms with Crippen molar-refractivity contribution in [3.05, 3.63) is 90.5 Å². The molecule has 0 aliphatic heterocycles. The van der Waals surface area contributed by atoms with E-state index in [1.807, 2.05) is 60.7 Å². The van der Waals surface area contributed by atoms with Crippen LogP contribution in [0.5, 0.6) is 0 Å². The second kappa shape index (κ2) is 6.76. The van der Waals surface area contributed by atoms with Gasteiger partial charge in [-0.2, -0.15) is 13.2 Å². The van der Waals surface area contributed by atoms with Crippen molar-refractivity contribution in [3.63, 3.8) is 0 Å². The number of aromatic nitrogens is 2. The van der Waals surface area contributed by atoms with Gasteiger partial charge >= 0.3 is 6.18 Å². The van der Waals surface area contributed by atoms with Crippen molar-refractivity contribution in [1.82, 2.24) is 9.97 Å². The number of benzene rings is 3. The summed E-state index contributed by atoms with van der Waals surface area (Å²) in [6, 6.07) is 24.4. The third kappa shape index (κ3) is 3.36. The molecule has 5 heteroatoms. The summed E-state index contributed by atoms with van der Waals surface area (Å²) in [5.74, 6) is 0.195. The Bertz CT molecular complexity index is 995. The normalized spacial score (nSPS) is 11.5. The van der Waals surface area contributed by atoms with Crippen LogP contribution in [0, 0.1) is 0 Å². The smallest absolute Gasteiger partial charge is 0.337 e. The minimum Gasteiger partial charge on any atom is -0.337 e. The predicted molar refractivity (Wildman–Crippen MR) is 99.9 cm³/mol. The molecule has 134 valence electrons. The Morgan fingerprint density at radius 1 is 0.667 bits per heavy atom. The van der Waals surface area contributed by atoms with Crippen LogP contribution in [0.4, 0.5) is 13.2 Å². The minimum atomic E-state index is -4.46. The Kier molecular flexibility index (Phi) is 4.28. The van der Waals surface area contributed by atoms with Crippen LogP contribution in [0.1, 0.15) is 5.56 Å². The highest BCUT2D eigenvalue weighted by atomic mass is 19.4. The number of imidazole rings is 1. The van der Waals surface area contributed by atoms with Gasteiger partial charge in [-0.15, -0.1) is 0 Å². The van der Waals surface area contributed by atoms with E-state index >= 15 is 0 Å². The molecular weight excluding hydrogens is 349 g/mol. The van der Waals surface area contributed by atoms with Gasteiger partial charge in [0.1, 0.15) is 5.82 Å². The summed E-state index contributed by atoms with van der Waals surface area (Å²) in [7, 11) is 0. The number of alkyl halides is 3. The number of nitrogens with zero attached hydrogens (tertiary/aromatic N) is 1. The Hall–Kier alpha value is -3.34. The summed E-state index contributed by atoms with van der Waals surface area (Å²) in [5.41, 5.74) is 2.33. The summed E-state index contributed by atoms with van der Waals surface area (Å²) in [5, 5.41) is 0. The van der Waals surface area contributed by atoms with Gasteiger partial charge in [0.05, 0.1) is 17.0 Å². The monoisotopic (exact) mass is 364 g/mol. The van der Waals surface area contributed by atoms with Gasteiger partial charge in [-0.05, 0) is 6.07 Å². The fourth-order valence-electron chi connectivity index (χ4n) is 3.06. The lowest BCUT2D eigenvalue weighted by atomic mass is 10.1. The largest absolute Gasteiger partial charge is 0.417 e. The molecule has 0 aliphatic rings. The van der Waals surface area contributed by atoms with Crippen LogP contribution in [-0.4, -0.2) is 9.97 Å². The molecule has 0 radical (unpaired) electrons. The van der Waals surface area contributed by atoms with Crippen molar-refractivity contribution < 1.29 is 13.2 Å². The van der Waals surface area contributed by atoms with Gasteiger partial charge in [-0.25, -0.2) is 4.98 Å². The molecule has 3 aromatic carbocycles. The lowest BCUT2D eigenvalue weighted by Gasteiger charge is -2.10. The van der Waals surface area contributed by atoms with E-state index in [4.69, 9.17) is 0 Å². The van der Waals surface area contributed by atoms with Crippen LogP contribution in [0.2, 0.25) is 0 Å². The van der Waals surface area contributed by atoms with E-state index < -0.39 is 11.7 Å². The Balaban J connectivity index is 1.94. The zero-order valence-electron chi connectivity index (χ0n) is 14.2. The van der Waals surface area contributed by atoms with Gasteiger partial charge in [-0.1, -0.05) is 78.9 Å². The van der Waals surface area contributed by atoms with Crippen molar-refractivity contribution in [2.45, 2.75) is 6.18 Å². The third-order valence-electron chi connectivity index (χ3n) is 4.30. The number of H-pyrrole nitrogens is 1. The van der Waals surface area contributed by atoms with E-state index in [1.165, 1.54) is 12.1 Å². The van der Waals surface area contributed by atoms with E-state index in [1.54, 1.807) is 6.07 Å². The maximum Gasteiger partial charge on any atom is 0.417 e. The van der Waals surface area contributed by atoms with Crippen LogP contribution in [0.15, 0.2) is 84.9 Å². The SMILES string of the molecule is FC(F)(F)c1ccccc1-c1nc(-c2ccccc2)c(-c2ccccc2)[nH]1. The van der Waals surface area contributed by atoms with Gasteiger partial charge in [0.2, 0.25) is 0 Å². The topological polar surface area (TPSA) is 28.7 Å². The van der Waals surface area contributed by atoms with E-state index in [-0.39, 0.29) is 11.4 Å². The first-order valence-electron chi connectivity index (χ1n) is 8.41. The zero-order chi connectivity index (χ0) is 18.9. The summed E-state index contributed by atoms with van der Waals surface area (Å²) >= 11 is 0. The zero-order valence-corrected chi connectivity index (χ0v) is 14.2. The first-order valence-corrected chi connectivity index (χ1v) is 8.41. The molecule has 0 fully saturated rings. The van der Waals surface area contributed by atoms with Crippen LogP contribution in [0.25, 0.3) is 33.9 Å². The molecule has 0 aliphatic carbocycles. The standard InChI is InChI=1S/C22H15F3N2/c23-22(24,25)18-14-8-7-13-17(18)21-26-19(15-9-3-1-4-10-15)20(27-21)16-11-5-2-6-12-16/h1-14H,(H,26,27). The average molecular weight is 364 g/mol. The Morgan fingerprint density at radius 2 is 1.22 bits per heavy atom. The van der Waals surface area contributed by atoms with Gasteiger partial charge in [0, 0.05) is 16.7 Å². The van der Waals surface area contributed by atoms with Crippen LogP contribution in [0.3, 0.4) is 0 Å². The minimum absolute atomic E-state index is 0.0318. The van der Waals surface area contributed by atoms with Crippen molar-refractivity contribution >= 4 is 0 Å². The summed E-state index contributed by atoms with van der Waals surface area (Å²) in [6.45, 7) is 0. The molecule has 0 bridgehead atoms. The Labute approximate surface area is 154 Å². The molecule has 0 amide bonds. The fourth-order valence-corrected chi connectivity index (χ4v) is 3.06. The van der Waals surface area contributed by atoms with Gasteiger partial charge < -0.3 is 4.98 Å². The highest BCUT2D eigenvalue weighted by molar-refractivity contribution is 5.81. The number of nitrogens with one attached hydrogen (secondary N) is 1. The van der Waals surface area contributed by atoms with E-state index in [2.05, 4.69) is 9.97 Å². The number of aromatic amines is 1. The van der Waals surface area contributed by atoms with E-state index in [0.717, 1.165) is 17.2 Å². The number of halogens is 3. The molecule has 27 heavy (non-hydrogen) atoms. The molecule has 1 N–H and O–H groups in total. The van der Waals surface area contributed by atoms with Crippen molar-refractivity contribution in [2.75, 3.05) is 0 Å². The number of hydrogen-bond donors (Lipinski definition) is 1. The molecule has 0 unspecified atom stereocenters. The van der Waals surface area contributed by atoms with Gasteiger partial charge in [-0.3, -0.25) is 0 Å². The Morgan fingerprint density at radius 3 is 1.85 bits per heavy atom. The molecular formula is C22H15F3N2. The lowest BCUT2D eigenvalue weighted by Crippen LogP contribution is -2.07. The highest BCUT2D eigenvalue weighted by Gasteiger charge is 2.34. The molecule has 4 rings (SSSR count). The molecule has 1 heterocycles. The quantitative estimate of drug-likeness (QED) is 0.446. The van der Waals surface area contributed by atoms with Crippen LogP contribution in [-0.2, 0) is 6.18 Å². The molecule has 0 atom stereocenters. The first kappa shape index (κ1) is 17.1. The van der Waals surface area contributed by atoms with Crippen molar-refractivity contribution in [1.29, 1.82) is 0 Å². The third-order valence-corrected chi connectivity index (χ3v) is 4.30.